The molecule has 0 aliphatic heterocycles. The van der Waals surface area contributed by atoms with Crippen molar-refractivity contribution in [1.82, 2.24) is 5.32 Å². The third-order valence-corrected chi connectivity index (χ3v) is 1.78. The molecule has 52 valence electrons. The van der Waals surface area contributed by atoms with E-state index in [0.29, 0.717) is 6.04 Å². The SMILES string of the molecule is C=CC(C)NCC1CC1. The van der Waals surface area contributed by atoms with Gasteiger partial charge >= 0.3 is 0 Å². The molecule has 0 bridgehead atoms. The summed E-state index contributed by atoms with van der Waals surface area (Å²) in [6.07, 6.45) is 4.80. The van der Waals surface area contributed by atoms with Crippen LogP contribution in [0.3, 0.4) is 0 Å². The van der Waals surface area contributed by atoms with Crippen LogP contribution in [-0.4, -0.2) is 12.6 Å². The fourth-order valence-corrected chi connectivity index (χ4v) is 0.758. The summed E-state index contributed by atoms with van der Waals surface area (Å²) in [5.74, 6) is 0.979. The Morgan fingerprint density at radius 1 is 1.78 bits per heavy atom. The Morgan fingerprint density at radius 2 is 2.44 bits per heavy atom. The van der Waals surface area contributed by atoms with Gasteiger partial charge in [-0.25, -0.2) is 0 Å². The van der Waals surface area contributed by atoms with Crippen molar-refractivity contribution in [2.24, 2.45) is 5.92 Å². The maximum Gasteiger partial charge on any atom is 0.0219 e. The summed E-state index contributed by atoms with van der Waals surface area (Å²) in [6.45, 7) is 7.02. The second-order valence-electron chi connectivity index (χ2n) is 2.88. The third-order valence-electron chi connectivity index (χ3n) is 1.78. The second-order valence-corrected chi connectivity index (χ2v) is 2.88. The average molecular weight is 125 g/mol. The maximum atomic E-state index is 3.70. The molecule has 0 radical (unpaired) electrons. The lowest BCUT2D eigenvalue weighted by atomic mass is 10.3. The first-order valence-corrected chi connectivity index (χ1v) is 3.69. The van der Waals surface area contributed by atoms with Crippen molar-refractivity contribution in [3.63, 3.8) is 0 Å². The van der Waals surface area contributed by atoms with Crippen LogP contribution in [-0.2, 0) is 0 Å². The van der Waals surface area contributed by atoms with Crippen LogP contribution >= 0.6 is 0 Å². The van der Waals surface area contributed by atoms with Gasteiger partial charge in [-0.3, -0.25) is 0 Å². The molecule has 1 unspecified atom stereocenters. The molecule has 1 aliphatic carbocycles. The molecular formula is C8H15N. The van der Waals surface area contributed by atoms with Gasteiger partial charge in [-0.2, -0.15) is 0 Å². The van der Waals surface area contributed by atoms with Crippen molar-refractivity contribution < 1.29 is 0 Å². The van der Waals surface area contributed by atoms with E-state index in [4.69, 9.17) is 0 Å². The number of hydrogen-bond acceptors (Lipinski definition) is 1. The molecule has 1 N–H and O–H groups in total. The standard InChI is InChI=1S/C8H15N/c1-3-7(2)9-6-8-4-5-8/h3,7-9H,1,4-6H2,2H3. The first kappa shape index (κ1) is 6.81. The van der Waals surface area contributed by atoms with Crippen LogP contribution in [0.15, 0.2) is 12.7 Å². The number of hydrogen-bond donors (Lipinski definition) is 1. The summed E-state index contributed by atoms with van der Waals surface area (Å²) in [5, 5.41) is 3.38. The smallest absolute Gasteiger partial charge is 0.0219 e. The molecule has 1 nitrogen and oxygen atoms in total. The van der Waals surface area contributed by atoms with E-state index < -0.39 is 0 Å². The van der Waals surface area contributed by atoms with Gasteiger partial charge < -0.3 is 5.32 Å². The monoisotopic (exact) mass is 125 g/mol. The van der Waals surface area contributed by atoms with Crippen molar-refractivity contribution in [2.75, 3.05) is 6.54 Å². The van der Waals surface area contributed by atoms with E-state index in [1.807, 2.05) is 6.08 Å². The second kappa shape index (κ2) is 3.02. The first-order valence-electron chi connectivity index (χ1n) is 3.69. The van der Waals surface area contributed by atoms with E-state index in [1.165, 1.54) is 19.4 Å². The fourth-order valence-electron chi connectivity index (χ4n) is 0.758. The zero-order valence-corrected chi connectivity index (χ0v) is 6.06. The average Bonchev–Trinajstić information content (AvgIpc) is 2.65. The molecule has 1 heteroatoms. The van der Waals surface area contributed by atoms with Crippen molar-refractivity contribution in [1.29, 1.82) is 0 Å². The topological polar surface area (TPSA) is 12.0 Å². The minimum Gasteiger partial charge on any atom is -0.311 e. The van der Waals surface area contributed by atoms with Crippen molar-refractivity contribution in [3.8, 4) is 0 Å². The van der Waals surface area contributed by atoms with Gasteiger partial charge in [-0.15, -0.1) is 6.58 Å². The highest BCUT2D eigenvalue weighted by atomic mass is 14.9. The molecule has 0 heterocycles. The molecule has 0 aromatic rings. The molecule has 0 aromatic heterocycles. The Hall–Kier alpha value is -0.300. The third kappa shape index (κ3) is 2.66. The Labute approximate surface area is 57.1 Å². The molecular weight excluding hydrogens is 110 g/mol. The summed E-state index contributed by atoms with van der Waals surface area (Å²) < 4.78 is 0. The van der Waals surface area contributed by atoms with Gasteiger partial charge in [0.2, 0.25) is 0 Å². The van der Waals surface area contributed by atoms with Crippen LogP contribution < -0.4 is 5.32 Å². The van der Waals surface area contributed by atoms with Gasteiger partial charge in [0.05, 0.1) is 0 Å². The van der Waals surface area contributed by atoms with Crippen LogP contribution in [0.1, 0.15) is 19.8 Å². The van der Waals surface area contributed by atoms with Gasteiger partial charge in [0.25, 0.3) is 0 Å². The summed E-state index contributed by atoms with van der Waals surface area (Å²) >= 11 is 0. The lowest BCUT2D eigenvalue weighted by Crippen LogP contribution is -2.25. The van der Waals surface area contributed by atoms with Crippen molar-refractivity contribution in [2.45, 2.75) is 25.8 Å². The Bertz CT molecular complexity index is 94.7. The van der Waals surface area contributed by atoms with Crippen LogP contribution in [0, 0.1) is 5.92 Å². The van der Waals surface area contributed by atoms with Gasteiger partial charge in [0, 0.05) is 6.04 Å². The Morgan fingerprint density at radius 3 is 2.89 bits per heavy atom. The number of nitrogens with one attached hydrogen (secondary N) is 1. The van der Waals surface area contributed by atoms with Crippen LogP contribution in [0.25, 0.3) is 0 Å². The van der Waals surface area contributed by atoms with E-state index in [-0.39, 0.29) is 0 Å². The lowest BCUT2D eigenvalue weighted by Gasteiger charge is -2.06. The van der Waals surface area contributed by atoms with Crippen LogP contribution in [0.4, 0.5) is 0 Å². The van der Waals surface area contributed by atoms with E-state index in [9.17, 15) is 0 Å². The molecule has 1 atom stereocenters. The van der Waals surface area contributed by atoms with E-state index >= 15 is 0 Å². The van der Waals surface area contributed by atoms with E-state index in [2.05, 4.69) is 18.8 Å². The molecule has 0 saturated heterocycles. The molecule has 1 aliphatic rings. The van der Waals surface area contributed by atoms with Crippen molar-refractivity contribution in [3.05, 3.63) is 12.7 Å². The Balaban J connectivity index is 1.95. The maximum absolute atomic E-state index is 3.70. The molecule has 1 fully saturated rings. The fraction of sp³-hybridized carbons (Fsp3) is 0.750. The molecule has 0 amide bonds. The molecule has 0 aromatic carbocycles. The van der Waals surface area contributed by atoms with Crippen molar-refractivity contribution >= 4 is 0 Å². The summed E-state index contributed by atoms with van der Waals surface area (Å²) in [4.78, 5) is 0. The molecule has 1 rings (SSSR count). The summed E-state index contributed by atoms with van der Waals surface area (Å²) in [5.41, 5.74) is 0. The Kier molecular flexibility index (Phi) is 2.29. The van der Waals surface area contributed by atoms with Gasteiger partial charge in [0.15, 0.2) is 0 Å². The summed E-state index contributed by atoms with van der Waals surface area (Å²) in [7, 11) is 0. The zero-order chi connectivity index (χ0) is 6.69. The molecule has 0 spiro atoms. The van der Waals surface area contributed by atoms with E-state index in [1.54, 1.807) is 0 Å². The minimum atomic E-state index is 0.491. The highest BCUT2D eigenvalue weighted by molar-refractivity contribution is 4.84. The quantitative estimate of drug-likeness (QED) is 0.562. The first-order chi connectivity index (χ1) is 4.33. The van der Waals surface area contributed by atoms with Gasteiger partial charge in [-0.05, 0) is 32.2 Å². The lowest BCUT2D eigenvalue weighted by molar-refractivity contribution is 0.596. The number of rotatable bonds is 4. The predicted molar refractivity (Wildman–Crippen MR) is 40.4 cm³/mol. The largest absolute Gasteiger partial charge is 0.311 e. The minimum absolute atomic E-state index is 0.491. The summed E-state index contributed by atoms with van der Waals surface area (Å²) in [6, 6.07) is 0.491. The normalized spacial score (nSPS) is 21.4. The molecule has 9 heavy (non-hydrogen) atoms. The van der Waals surface area contributed by atoms with Crippen LogP contribution in [0.5, 0.6) is 0 Å². The van der Waals surface area contributed by atoms with Gasteiger partial charge in [0.1, 0.15) is 0 Å². The molecule has 1 saturated carbocycles. The van der Waals surface area contributed by atoms with E-state index in [0.717, 1.165) is 5.92 Å². The zero-order valence-electron chi connectivity index (χ0n) is 6.06. The highest BCUT2D eigenvalue weighted by Crippen LogP contribution is 2.27. The van der Waals surface area contributed by atoms with Gasteiger partial charge in [-0.1, -0.05) is 6.08 Å². The van der Waals surface area contributed by atoms with Crippen LogP contribution in [0.2, 0.25) is 0 Å². The highest BCUT2D eigenvalue weighted by Gasteiger charge is 2.20. The predicted octanol–water partition coefficient (Wildman–Crippen LogP) is 1.56.